The minimum Gasteiger partial charge on any atom is -0.362 e. The summed E-state index contributed by atoms with van der Waals surface area (Å²) in [6.45, 7) is 4.99. The second-order valence-electron chi connectivity index (χ2n) is 7.76. The number of aromatic nitrogens is 1. The minimum atomic E-state index is -3.46. The molecule has 1 aromatic carbocycles. The van der Waals surface area contributed by atoms with Crippen LogP contribution in [-0.4, -0.2) is 29.9 Å². The van der Waals surface area contributed by atoms with E-state index in [2.05, 4.69) is 10.5 Å². The summed E-state index contributed by atoms with van der Waals surface area (Å²) in [6, 6.07) is 11.7. The van der Waals surface area contributed by atoms with E-state index in [0.29, 0.717) is 5.76 Å². The molecule has 6 nitrogen and oxygen atoms in total. The van der Waals surface area contributed by atoms with E-state index < -0.39 is 20.1 Å². The maximum absolute atomic E-state index is 12.8. The van der Waals surface area contributed by atoms with Crippen molar-refractivity contribution in [1.29, 1.82) is 5.41 Å². The Morgan fingerprint density at radius 2 is 1.89 bits per heavy atom. The summed E-state index contributed by atoms with van der Waals surface area (Å²) in [5.41, 5.74) is 2.11. The van der Waals surface area contributed by atoms with Crippen LogP contribution in [0.15, 0.2) is 52.5 Å². The van der Waals surface area contributed by atoms with Gasteiger partial charge in [-0.3, -0.25) is 5.41 Å². The second-order valence-corrected chi connectivity index (χ2v) is 11.2. The van der Waals surface area contributed by atoms with Crippen LogP contribution in [0.5, 0.6) is 0 Å². The zero-order valence-electron chi connectivity index (χ0n) is 15.8. The Bertz CT molecular complexity index is 1150. The molecule has 146 valence electrons. The number of nitrogens with zero attached hydrogens (tertiary/aromatic N) is 1. The number of hydrogen-bond acceptors (Lipinski definition) is 6. The van der Waals surface area contributed by atoms with Gasteiger partial charge in [0.2, 0.25) is 0 Å². The average molecular weight is 416 g/mol. The predicted molar refractivity (Wildman–Crippen MR) is 111 cm³/mol. The van der Waals surface area contributed by atoms with Gasteiger partial charge in [0.25, 0.3) is 0 Å². The summed E-state index contributed by atoms with van der Waals surface area (Å²) in [5, 5.41) is 17.1. The molecule has 0 radical (unpaired) electrons. The fraction of sp³-hybridized carbons (Fsp3) is 0.300. The number of thiophene rings is 1. The zero-order valence-corrected chi connectivity index (χ0v) is 17.4. The third-order valence-corrected chi connectivity index (χ3v) is 9.23. The molecule has 2 aromatic heterocycles. The van der Waals surface area contributed by atoms with Gasteiger partial charge in [-0.05, 0) is 49.4 Å². The molecule has 0 unspecified atom stereocenters. The van der Waals surface area contributed by atoms with Gasteiger partial charge in [0.05, 0.1) is 17.5 Å². The molecule has 0 aliphatic carbocycles. The second kappa shape index (κ2) is 6.28. The molecule has 8 heteroatoms. The van der Waals surface area contributed by atoms with Gasteiger partial charge in [0.15, 0.2) is 15.6 Å². The summed E-state index contributed by atoms with van der Waals surface area (Å²) in [6.07, 6.45) is 1.61. The summed E-state index contributed by atoms with van der Waals surface area (Å²) in [7, 11) is -3.46. The Morgan fingerprint density at radius 3 is 2.57 bits per heavy atom. The molecule has 1 atom stereocenters. The maximum Gasteiger partial charge on any atom is 0.166 e. The topological polar surface area (TPSA) is 96.1 Å². The van der Waals surface area contributed by atoms with Crippen LogP contribution < -0.4 is 5.32 Å². The van der Waals surface area contributed by atoms with E-state index in [9.17, 15) is 8.42 Å². The van der Waals surface area contributed by atoms with Crippen molar-refractivity contribution in [2.45, 2.75) is 31.1 Å². The molecule has 0 amide bonds. The van der Waals surface area contributed by atoms with Crippen LogP contribution in [0.4, 0.5) is 0 Å². The molecule has 1 fully saturated rings. The van der Waals surface area contributed by atoms with E-state index in [0.717, 1.165) is 21.6 Å². The van der Waals surface area contributed by atoms with Crippen molar-refractivity contribution in [1.82, 2.24) is 10.5 Å². The first-order chi connectivity index (χ1) is 13.1. The molecule has 4 rings (SSSR count). The Hall–Kier alpha value is -2.45. The van der Waals surface area contributed by atoms with E-state index in [1.807, 2.05) is 48.7 Å². The number of rotatable bonds is 3. The Labute approximate surface area is 168 Å². The Balaban J connectivity index is 1.69. The Kier molecular flexibility index (Phi) is 4.24. The molecule has 28 heavy (non-hydrogen) atoms. The molecule has 3 heterocycles. The van der Waals surface area contributed by atoms with Gasteiger partial charge in [-0.1, -0.05) is 23.4 Å². The third-order valence-electron chi connectivity index (χ3n) is 5.32. The highest BCUT2D eigenvalue weighted by Crippen LogP contribution is 2.39. The fourth-order valence-corrected chi connectivity index (χ4v) is 6.14. The first-order valence-corrected chi connectivity index (χ1v) is 11.4. The van der Waals surface area contributed by atoms with Crippen molar-refractivity contribution in [3.8, 4) is 22.5 Å². The summed E-state index contributed by atoms with van der Waals surface area (Å²) >= 11 is 1.50. The van der Waals surface area contributed by atoms with Crippen molar-refractivity contribution in [2.24, 2.45) is 0 Å². The van der Waals surface area contributed by atoms with Crippen molar-refractivity contribution in [2.75, 3.05) is 5.75 Å². The number of benzene rings is 1. The molecule has 0 spiro atoms. The largest absolute Gasteiger partial charge is 0.362 e. The van der Waals surface area contributed by atoms with Crippen LogP contribution in [0.1, 0.15) is 25.6 Å². The molecule has 3 aromatic rings. The van der Waals surface area contributed by atoms with Crippen molar-refractivity contribution in [3.05, 3.63) is 52.9 Å². The molecule has 1 aliphatic rings. The number of hydrogen-bond donors (Lipinski definition) is 2. The molecular weight excluding hydrogens is 394 g/mol. The van der Waals surface area contributed by atoms with Crippen LogP contribution >= 0.6 is 11.3 Å². The lowest BCUT2D eigenvalue weighted by Crippen LogP contribution is -2.63. The van der Waals surface area contributed by atoms with E-state index in [-0.39, 0.29) is 11.6 Å². The minimum absolute atomic E-state index is 0.0310. The number of nitrogens with one attached hydrogen (secondary N) is 2. The Morgan fingerprint density at radius 1 is 1.14 bits per heavy atom. The third kappa shape index (κ3) is 2.97. The monoisotopic (exact) mass is 415 g/mol. The molecular formula is C20H21N3O3S2. The standard InChI is InChI=1S/C20H21N3O3S2/c1-19(2)18(21)23-20(3,12-28(19,24)25)17-10-15(11-27-17)13-5-4-6-14(9-13)16-7-8-22-26-16/h4-11H,12H2,1-3H3,(H2,21,23)/t20-/m0/s1. The van der Waals surface area contributed by atoms with Crippen LogP contribution in [0, 0.1) is 5.41 Å². The van der Waals surface area contributed by atoms with Crippen molar-refractivity contribution in [3.63, 3.8) is 0 Å². The molecule has 2 N–H and O–H groups in total. The first kappa shape index (κ1) is 18.9. The quantitative estimate of drug-likeness (QED) is 0.672. The van der Waals surface area contributed by atoms with Gasteiger partial charge >= 0.3 is 0 Å². The van der Waals surface area contributed by atoms with E-state index in [1.165, 1.54) is 11.3 Å². The van der Waals surface area contributed by atoms with E-state index in [4.69, 9.17) is 9.93 Å². The molecule has 1 saturated heterocycles. The summed E-state index contributed by atoms with van der Waals surface area (Å²) in [5.74, 6) is 0.677. The van der Waals surface area contributed by atoms with Gasteiger partial charge in [0, 0.05) is 16.5 Å². The molecule has 0 bridgehead atoms. The summed E-state index contributed by atoms with van der Waals surface area (Å²) < 4.78 is 29.6. The maximum atomic E-state index is 12.8. The predicted octanol–water partition coefficient (Wildman–Crippen LogP) is 4.06. The lowest BCUT2D eigenvalue weighted by atomic mass is 9.97. The number of sulfone groups is 1. The summed E-state index contributed by atoms with van der Waals surface area (Å²) in [4.78, 5) is 0.886. The van der Waals surface area contributed by atoms with E-state index >= 15 is 0 Å². The zero-order chi connectivity index (χ0) is 20.2. The van der Waals surface area contributed by atoms with Crippen molar-refractivity contribution >= 4 is 27.0 Å². The van der Waals surface area contributed by atoms with Gasteiger partial charge in [-0.15, -0.1) is 11.3 Å². The van der Waals surface area contributed by atoms with E-state index in [1.54, 1.807) is 20.0 Å². The lowest BCUT2D eigenvalue weighted by Gasteiger charge is -2.42. The van der Waals surface area contributed by atoms with Crippen molar-refractivity contribution < 1.29 is 12.9 Å². The van der Waals surface area contributed by atoms with Gasteiger partial charge in [0.1, 0.15) is 10.6 Å². The highest BCUT2D eigenvalue weighted by Gasteiger charge is 2.50. The molecule has 0 saturated carbocycles. The van der Waals surface area contributed by atoms with Crippen LogP contribution in [0.2, 0.25) is 0 Å². The SMILES string of the molecule is CC1(C)C(=N)N[C@](C)(c2cc(-c3cccc(-c4ccno4)c3)cs2)CS1(=O)=O. The van der Waals surface area contributed by atoms with Crippen LogP contribution in [-0.2, 0) is 15.4 Å². The average Bonchev–Trinajstić information content (AvgIpc) is 3.32. The number of amidine groups is 1. The fourth-order valence-electron chi connectivity index (χ4n) is 3.30. The first-order valence-electron chi connectivity index (χ1n) is 8.82. The van der Waals surface area contributed by atoms with Gasteiger partial charge in [-0.25, -0.2) is 8.42 Å². The highest BCUT2D eigenvalue weighted by atomic mass is 32.2. The van der Waals surface area contributed by atoms with Gasteiger partial charge in [-0.2, -0.15) is 0 Å². The van der Waals surface area contributed by atoms with Crippen LogP contribution in [0.3, 0.4) is 0 Å². The highest BCUT2D eigenvalue weighted by molar-refractivity contribution is 7.93. The lowest BCUT2D eigenvalue weighted by molar-refractivity contribution is 0.432. The van der Waals surface area contributed by atoms with Gasteiger partial charge < -0.3 is 9.84 Å². The van der Waals surface area contributed by atoms with Crippen LogP contribution in [0.25, 0.3) is 22.5 Å². The smallest absolute Gasteiger partial charge is 0.166 e. The molecule has 1 aliphatic heterocycles. The normalized spacial score (nSPS) is 23.3.